The fraction of sp³-hybridized carbons (Fsp3) is 0.174. The number of amides is 1. The van der Waals surface area contributed by atoms with E-state index < -0.39 is 7.14 Å². The normalized spacial score (nSPS) is 11.2. The Morgan fingerprint density at radius 2 is 1.44 bits per heavy atom. The number of hydrogen-bond acceptors (Lipinski definition) is 2. The third-order valence-electron chi connectivity index (χ3n) is 4.65. The van der Waals surface area contributed by atoms with Gasteiger partial charge in [0.2, 0.25) is 0 Å². The van der Waals surface area contributed by atoms with Gasteiger partial charge in [0.05, 0.1) is 5.56 Å². The van der Waals surface area contributed by atoms with Gasteiger partial charge in [-0.05, 0) is 24.1 Å². The minimum Gasteiger partial charge on any atom is -0.355 e. The molecule has 0 aromatic heterocycles. The van der Waals surface area contributed by atoms with Crippen LogP contribution in [0.2, 0.25) is 0 Å². The van der Waals surface area contributed by atoms with Crippen molar-refractivity contribution in [1.82, 2.24) is 5.32 Å². The number of carbonyl (C=O) groups excluding carboxylic acids is 1. The van der Waals surface area contributed by atoms with E-state index in [9.17, 15) is 9.36 Å². The molecule has 0 fully saturated rings. The van der Waals surface area contributed by atoms with Crippen LogP contribution in [0.1, 0.15) is 29.3 Å². The topological polar surface area (TPSA) is 46.2 Å². The molecule has 3 rings (SSSR count). The standard InChI is InChI=1S/C23H24NO2P/c1-3-10-18-15-16-21(23(25)24-2)22(17-18)27(26,19-11-6-4-7-12-19)20-13-8-5-9-14-20/h4-9,11-17H,3,10H2,1-2H3,(H,24,25). The van der Waals surface area contributed by atoms with E-state index >= 15 is 0 Å². The van der Waals surface area contributed by atoms with Gasteiger partial charge in [0.25, 0.3) is 5.91 Å². The van der Waals surface area contributed by atoms with Crippen molar-refractivity contribution in [1.29, 1.82) is 0 Å². The lowest BCUT2D eigenvalue weighted by Gasteiger charge is -2.23. The first-order valence-electron chi connectivity index (χ1n) is 9.18. The van der Waals surface area contributed by atoms with E-state index in [1.54, 1.807) is 13.1 Å². The van der Waals surface area contributed by atoms with Crippen molar-refractivity contribution in [2.75, 3.05) is 7.05 Å². The maximum atomic E-state index is 14.6. The van der Waals surface area contributed by atoms with Crippen molar-refractivity contribution in [3.8, 4) is 0 Å². The summed E-state index contributed by atoms with van der Waals surface area (Å²) in [4.78, 5) is 12.6. The Balaban J connectivity index is 2.35. The van der Waals surface area contributed by atoms with Crippen LogP contribution < -0.4 is 21.2 Å². The van der Waals surface area contributed by atoms with Crippen LogP contribution in [0.5, 0.6) is 0 Å². The Kier molecular flexibility index (Phi) is 5.93. The van der Waals surface area contributed by atoms with Crippen molar-refractivity contribution in [3.05, 3.63) is 90.0 Å². The summed E-state index contributed by atoms with van der Waals surface area (Å²) in [5.41, 5.74) is 1.56. The van der Waals surface area contributed by atoms with Crippen LogP contribution in [0.3, 0.4) is 0 Å². The first kappa shape index (κ1) is 19.1. The summed E-state index contributed by atoms with van der Waals surface area (Å²) in [6.45, 7) is 2.11. The minimum absolute atomic E-state index is 0.222. The smallest absolute Gasteiger partial charge is 0.251 e. The Morgan fingerprint density at radius 3 is 1.93 bits per heavy atom. The molecular weight excluding hydrogens is 353 g/mol. The molecule has 0 saturated heterocycles. The minimum atomic E-state index is -3.19. The van der Waals surface area contributed by atoms with Crippen LogP contribution in [0.25, 0.3) is 0 Å². The Bertz CT molecular complexity index is 925. The highest BCUT2D eigenvalue weighted by molar-refractivity contribution is 7.85. The fourth-order valence-electron chi connectivity index (χ4n) is 3.31. The second-order valence-corrected chi connectivity index (χ2v) is 9.19. The second-order valence-electron chi connectivity index (χ2n) is 6.46. The third-order valence-corrected chi connectivity index (χ3v) is 7.75. The molecule has 138 valence electrons. The Labute approximate surface area is 160 Å². The van der Waals surface area contributed by atoms with Crippen LogP contribution in [0, 0.1) is 0 Å². The number of hydrogen-bond donors (Lipinski definition) is 1. The van der Waals surface area contributed by atoms with Crippen molar-refractivity contribution in [2.45, 2.75) is 19.8 Å². The molecule has 0 aliphatic heterocycles. The van der Waals surface area contributed by atoms with Gasteiger partial charge < -0.3 is 9.88 Å². The van der Waals surface area contributed by atoms with Gasteiger partial charge in [-0.1, -0.05) is 80.1 Å². The van der Waals surface area contributed by atoms with E-state index in [0.29, 0.717) is 10.9 Å². The first-order valence-corrected chi connectivity index (χ1v) is 10.9. The molecule has 0 aliphatic carbocycles. The molecule has 3 aromatic rings. The van der Waals surface area contributed by atoms with Gasteiger partial charge in [0.1, 0.15) is 0 Å². The van der Waals surface area contributed by atoms with Gasteiger partial charge in [-0.15, -0.1) is 0 Å². The lowest BCUT2D eigenvalue weighted by atomic mass is 10.1. The largest absolute Gasteiger partial charge is 0.355 e. The fourth-order valence-corrected chi connectivity index (χ4v) is 6.21. The lowest BCUT2D eigenvalue weighted by molar-refractivity contribution is 0.0964. The predicted octanol–water partition coefficient (Wildman–Crippen LogP) is 3.64. The number of aryl methyl sites for hydroxylation is 1. The van der Waals surface area contributed by atoms with E-state index in [-0.39, 0.29) is 5.91 Å². The lowest BCUT2D eigenvalue weighted by Crippen LogP contribution is -2.32. The molecule has 3 aromatic carbocycles. The van der Waals surface area contributed by atoms with Gasteiger partial charge in [-0.2, -0.15) is 0 Å². The van der Waals surface area contributed by atoms with Crippen LogP contribution in [0.4, 0.5) is 0 Å². The van der Waals surface area contributed by atoms with E-state index in [1.807, 2.05) is 72.8 Å². The van der Waals surface area contributed by atoms with Gasteiger partial charge in [-0.25, -0.2) is 0 Å². The maximum absolute atomic E-state index is 14.6. The van der Waals surface area contributed by atoms with Crippen molar-refractivity contribution >= 4 is 29.0 Å². The van der Waals surface area contributed by atoms with Gasteiger partial charge in [0, 0.05) is 23.0 Å². The second kappa shape index (κ2) is 8.37. The van der Waals surface area contributed by atoms with Crippen LogP contribution >= 0.6 is 7.14 Å². The number of carbonyl (C=O) groups is 1. The summed E-state index contributed by atoms with van der Waals surface area (Å²) in [5.74, 6) is -0.222. The highest BCUT2D eigenvalue weighted by Crippen LogP contribution is 2.43. The first-order chi connectivity index (χ1) is 13.1. The molecule has 0 radical (unpaired) electrons. The summed E-state index contributed by atoms with van der Waals surface area (Å²) < 4.78 is 14.6. The monoisotopic (exact) mass is 377 g/mol. The molecule has 0 atom stereocenters. The average Bonchev–Trinajstić information content (AvgIpc) is 2.74. The molecule has 0 bridgehead atoms. The molecule has 0 heterocycles. The number of rotatable bonds is 6. The Morgan fingerprint density at radius 1 is 0.889 bits per heavy atom. The molecule has 3 nitrogen and oxygen atoms in total. The quantitative estimate of drug-likeness (QED) is 0.667. The third kappa shape index (κ3) is 3.74. The van der Waals surface area contributed by atoms with Crippen LogP contribution in [-0.4, -0.2) is 13.0 Å². The summed E-state index contributed by atoms with van der Waals surface area (Å²) in [5, 5.41) is 4.75. The zero-order chi connectivity index (χ0) is 19.3. The zero-order valence-corrected chi connectivity index (χ0v) is 16.6. The van der Waals surface area contributed by atoms with E-state index in [4.69, 9.17) is 0 Å². The predicted molar refractivity (Wildman–Crippen MR) is 113 cm³/mol. The average molecular weight is 377 g/mol. The molecule has 0 unspecified atom stereocenters. The molecule has 27 heavy (non-hydrogen) atoms. The molecule has 1 N–H and O–H groups in total. The highest BCUT2D eigenvalue weighted by Gasteiger charge is 2.33. The van der Waals surface area contributed by atoms with E-state index in [0.717, 1.165) is 29.0 Å². The van der Waals surface area contributed by atoms with E-state index in [2.05, 4.69) is 12.2 Å². The van der Waals surface area contributed by atoms with Crippen LogP contribution in [0.15, 0.2) is 78.9 Å². The molecule has 0 spiro atoms. The van der Waals surface area contributed by atoms with Gasteiger partial charge in [0.15, 0.2) is 7.14 Å². The zero-order valence-electron chi connectivity index (χ0n) is 15.7. The van der Waals surface area contributed by atoms with Gasteiger partial charge in [-0.3, -0.25) is 4.79 Å². The summed E-state index contributed by atoms with van der Waals surface area (Å²) >= 11 is 0. The van der Waals surface area contributed by atoms with Gasteiger partial charge >= 0.3 is 0 Å². The molecular formula is C23H24NO2P. The van der Waals surface area contributed by atoms with E-state index in [1.165, 1.54) is 0 Å². The highest BCUT2D eigenvalue weighted by atomic mass is 31.2. The van der Waals surface area contributed by atoms with Crippen LogP contribution in [-0.2, 0) is 11.0 Å². The van der Waals surface area contributed by atoms with Crippen molar-refractivity contribution in [3.63, 3.8) is 0 Å². The number of nitrogens with one attached hydrogen (secondary N) is 1. The summed E-state index contributed by atoms with van der Waals surface area (Å²) in [7, 11) is -1.59. The molecule has 1 amide bonds. The number of benzene rings is 3. The summed E-state index contributed by atoms with van der Waals surface area (Å²) in [6.07, 6.45) is 1.87. The van der Waals surface area contributed by atoms with Crippen molar-refractivity contribution < 1.29 is 9.36 Å². The SMILES string of the molecule is CCCc1ccc(C(=O)NC)c(P(=O)(c2ccccc2)c2ccccc2)c1. The molecule has 4 heteroatoms. The molecule has 0 saturated carbocycles. The summed E-state index contributed by atoms with van der Waals surface area (Å²) in [6, 6.07) is 24.6. The molecule has 0 aliphatic rings. The van der Waals surface area contributed by atoms with Crippen molar-refractivity contribution in [2.24, 2.45) is 0 Å². The maximum Gasteiger partial charge on any atom is 0.251 e. The Hall–Kier alpha value is -2.64.